The fourth-order valence-electron chi connectivity index (χ4n) is 2.88. The summed E-state index contributed by atoms with van der Waals surface area (Å²) in [6.45, 7) is -0.724. The van der Waals surface area contributed by atoms with Crippen LogP contribution in [0.4, 0.5) is 18.9 Å². The summed E-state index contributed by atoms with van der Waals surface area (Å²) in [6, 6.07) is 18.9. The molecule has 0 fully saturated rings. The Morgan fingerprint density at radius 2 is 1.52 bits per heavy atom. The molecule has 0 aliphatic rings. The van der Waals surface area contributed by atoms with Crippen LogP contribution in [0.25, 0.3) is 11.1 Å². The number of carbonyl (C=O) groups is 2. The smallest absolute Gasteiger partial charge is 0.394 e. The summed E-state index contributed by atoms with van der Waals surface area (Å²) in [5, 5.41) is 14.2. The molecular formula is C23H19F3N2O3. The summed E-state index contributed by atoms with van der Waals surface area (Å²) in [6.07, 6.45) is -4.56. The molecule has 8 heteroatoms. The van der Waals surface area contributed by atoms with Crippen molar-refractivity contribution in [3.05, 3.63) is 90.0 Å². The van der Waals surface area contributed by atoms with E-state index in [1.807, 2.05) is 30.3 Å². The molecule has 31 heavy (non-hydrogen) atoms. The van der Waals surface area contributed by atoms with E-state index in [1.54, 1.807) is 24.3 Å². The fraction of sp³-hybridized carbons (Fsp3) is 0.130. The zero-order valence-corrected chi connectivity index (χ0v) is 16.2. The average Bonchev–Trinajstić information content (AvgIpc) is 2.77. The fourth-order valence-corrected chi connectivity index (χ4v) is 2.88. The Hall–Kier alpha value is -3.65. The van der Waals surface area contributed by atoms with Gasteiger partial charge in [0.25, 0.3) is 5.91 Å². The van der Waals surface area contributed by atoms with Crippen molar-refractivity contribution < 1.29 is 27.9 Å². The lowest BCUT2D eigenvalue weighted by Crippen LogP contribution is -2.46. The maximum atomic E-state index is 12.8. The highest BCUT2D eigenvalue weighted by Gasteiger charge is 2.30. The minimum absolute atomic E-state index is 0.0975. The number of halogens is 3. The number of aliphatic hydroxyl groups is 1. The first-order valence-corrected chi connectivity index (χ1v) is 9.33. The molecule has 0 heterocycles. The number of benzene rings is 3. The van der Waals surface area contributed by atoms with Gasteiger partial charge < -0.3 is 15.7 Å². The van der Waals surface area contributed by atoms with Crippen LogP contribution in [0.1, 0.15) is 15.9 Å². The minimum atomic E-state index is -4.56. The highest BCUT2D eigenvalue weighted by atomic mass is 19.4. The van der Waals surface area contributed by atoms with Gasteiger partial charge in [0.2, 0.25) is 5.91 Å². The average molecular weight is 428 g/mol. The van der Waals surface area contributed by atoms with Gasteiger partial charge in [0.05, 0.1) is 12.2 Å². The third-order valence-corrected chi connectivity index (χ3v) is 4.52. The standard InChI is InChI=1S/C23H19F3N2O3/c24-23(25,26)18-7-4-8-19(13-18)27-22(31)20(14-29)28-21(30)17-11-9-16(10-12-17)15-5-2-1-3-6-15/h1-13,20,29H,14H2,(H,27,31)(H,28,30). The SMILES string of the molecule is O=C(NC(CO)C(=O)Nc1cccc(C(F)(F)F)c1)c1ccc(-c2ccccc2)cc1. The van der Waals surface area contributed by atoms with Crippen molar-refractivity contribution in [1.29, 1.82) is 0 Å². The Morgan fingerprint density at radius 3 is 2.13 bits per heavy atom. The second-order valence-electron chi connectivity index (χ2n) is 6.72. The zero-order chi connectivity index (χ0) is 22.4. The molecule has 160 valence electrons. The summed E-state index contributed by atoms with van der Waals surface area (Å²) < 4.78 is 38.5. The minimum Gasteiger partial charge on any atom is -0.394 e. The van der Waals surface area contributed by atoms with Crippen LogP contribution in [0.15, 0.2) is 78.9 Å². The van der Waals surface area contributed by atoms with Crippen molar-refractivity contribution >= 4 is 17.5 Å². The van der Waals surface area contributed by atoms with Crippen LogP contribution in [-0.2, 0) is 11.0 Å². The van der Waals surface area contributed by atoms with Crippen molar-refractivity contribution in [2.24, 2.45) is 0 Å². The third kappa shape index (κ3) is 5.70. The van der Waals surface area contributed by atoms with Crippen molar-refractivity contribution in [2.75, 3.05) is 11.9 Å². The molecule has 5 nitrogen and oxygen atoms in total. The first-order chi connectivity index (χ1) is 14.8. The summed E-state index contributed by atoms with van der Waals surface area (Å²) in [7, 11) is 0. The molecule has 0 saturated carbocycles. The molecule has 3 N–H and O–H groups in total. The van der Waals surface area contributed by atoms with Gasteiger partial charge in [-0.3, -0.25) is 9.59 Å². The van der Waals surface area contributed by atoms with Crippen LogP contribution in [0.3, 0.4) is 0 Å². The predicted octanol–water partition coefficient (Wildman–Crippen LogP) is 4.10. The molecule has 0 aliphatic heterocycles. The molecule has 0 aliphatic carbocycles. The molecule has 0 saturated heterocycles. The number of rotatable bonds is 6. The Balaban J connectivity index is 1.66. The number of hydrogen-bond acceptors (Lipinski definition) is 3. The molecule has 3 rings (SSSR count). The van der Waals surface area contributed by atoms with Crippen LogP contribution < -0.4 is 10.6 Å². The predicted molar refractivity (Wildman–Crippen MR) is 110 cm³/mol. The molecule has 1 unspecified atom stereocenters. The van der Waals surface area contributed by atoms with Gasteiger partial charge in [-0.15, -0.1) is 0 Å². The number of amides is 2. The molecule has 3 aromatic carbocycles. The van der Waals surface area contributed by atoms with E-state index in [0.717, 1.165) is 29.3 Å². The number of anilines is 1. The Labute approximate surface area is 176 Å². The highest BCUT2D eigenvalue weighted by molar-refractivity contribution is 6.01. The van der Waals surface area contributed by atoms with E-state index in [4.69, 9.17) is 0 Å². The topological polar surface area (TPSA) is 78.4 Å². The Bertz CT molecular complexity index is 1050. The van der Waals surface area contributed by atoms with Crippen LogP contribution in [0.2, 0.25) is 0 Å². The first-order valence-electron chi connectivity index (χ1n) is 9.33. The van der Waals surface area contributed by atoms with Gasteiger partial charge in [0.1, 0.15) is 6.04 Å². The van der Waals surface area contributed by atoms with Gasteiger partial charge in [-0.1, -0.05) is 48.5 Å². The number of carbonyl (C=O) groups excluding carboxylic acids is 2. The van der Waals surface area contributed by atoms with Crippen LogP contribution in [0, 0.1) is 0 Å². The second-order valence-corrected chi connectivity index (χ2v) is 6.72. The summed E-state index contributed by atoms with van der Waals surface area (Å²) in [5.41, 5.74) is 1.12. The van der Waals surface area contributed by atoms with E-state index in [1.165, 1.54) is 6.07 Å². The molecule has 0 bridgehead atoms. The summed E-state index contributed by atoms with van der Waals surface area (Å²) >= 11 is 0. The van der Waals surface area contributed by atoms with E-state index < -0.39 is 36.2 Å². The molecule has 0 aromatic heterocycles. The van der Waals surface area contributed by atoms with Gasteiger partial charge >= 0.3 is 6.18 Å². The Morgan fingerprint density at radius 1 is 0.871 bits per heavy atom. The van der Waals surface area contributed by atoms with Crippen molar-refractivity contribution in [3.63, 3.8) is 0 Å². The maximum Gasteiger partial charge on any atom is 0.416 e. The first kappa shape index (κ1) is 22.0. The van der Waals surface area contributed by atoms with Crippen LogP contribution in [0.5, 0.6) is 0 Å². The van der Waals surface area contributed by atoms with Gasteiger partial charge in [-0.25, -0.2) is 0 Å². The van der Waals surface area contributed by atoms with E-state index in [0.29, 0.717) is 0 Å². The quantitative estimate of drug-likeness (QED) is 0.553. The second kappa shape index (κ2) is 9.44. The third-order valence-electron chi connectivity index (χ3n) is 4.52. The Kier molecular flexibility index (Phi) is 6.71. The summed E-state index contributed by atoms with van der Waals surface area (Å²) in [5.74, 6) is -1.44. The van der Waals surface area contributed by atoms with E-state index in [2.05, 4.69) is 10.6 Å². The van der Waals surface area contributed by atoms with Crippen molar-refractivity contribution in [3.8, 4) is 11.1 Å². The van der Waals surface area contributed by atoms with E-state index in [9.17, 15) is 27.9 Å². The number of hydrogen-bond donors (Lipinski definition) is 3. The van der Waals surface area contributed by atoms with E-state index in [-0.39, 0.29) is 11.3 Å². The lowest BCUT2D eigenvalue weighted by atomic mass is 10.0. The van der Waals surface area contributed by atoms with Gasteiger partial charge in [-0.2, -0.15) is 13.2 Å². The molecular weight excluding hydrogens is 409 g/mol. The van der Waals surface area contributed by atoms with Crippen molar-refractivity contribution in [1.82, 2.24) is 5.32 Å². The molecule has 2 amide bonds. The number of alkyl halides is 3. The monoisotopic (exact) mass is 428 g/mol. The highest BCUT2D eigenvalue weighted by Crippen LogP contribution is 2.30. The summed E-state index contributed by atoms with van der Waals surface area (Å²) in [4.78, 5) is 24.8. The lowest BCUT2D eigenvalue weighted by Gasteiger charge is -2.17. The van der Waals surface area contributed by atoms with Gasteiger partial charge in [0, 0.05) is 11.3 Å². The van der Waals surface area contributed by atoms with Crippen molar-refractivity contribution in [2.45, 2.75) is 12.2 Å². The number of nitrogens with one attached hydrogen (secondary N) is 2. The van der Waals surface area contributed by atoms with E-state index >= 15 is 0 Å². The van der Waals surface area contributed by atoms with Crippen LogP contribution in [-0.4, -0.2) is 29.6 Å². The van der Waals surface area contributed by atoms with Gasteiger partial charge in [-0.05, 0) is 41.5 Å². The maximum absolute atomic E-state index is 12.8. The molecule has 0 radical (unpaired) electrons. The zero-order valence-electron chi connectivity index (χ0n) is 16.2. The molecule has 0 spiro atoms. The van der Waals surface area contributed by atoms with Crippen LogP contribution >= 0.6 is 0 Å². The molecule has 3 aromatic rings. The number of aliphatic hydroxyl groups excluding tert-OH is 1. The lowest BCUT2D eigenvalue weighted by molar-refractivity contribution is -0.137. The molecule has 1 atom stereocenters. The normalized spacial score (nSPS) is 12.1. The van der Waals surface area contributed by atoms with Gasteiger partial charge in [0.15, 0.2) is 0 Å². The largest absolute Gasteiger partial charge is 0.416 e.